The number of aliphatic hydroxyl groups is 1. The average Bonchev–Trinajstić information content (AvgIpc) is 3.30. The molecule has 5 rings (SSSR count). The van der Waals surface area contributed by atoms with Crippen molar-refractivity contribution in [3.63, 3.8) is 0 Å². The van der Waals surface area contributed by atoms with E-state index in [0.29, 0.717) is 53.6 Å². The minimum absolute atomic E-state index is 0.0810. The Kier molecular flexibility index (Phi) is 6.58. The smallest absolute Gasteiger partial charge is 0.163 e. The van der Waals surface area contributed by atoms with Gasteiger partial charge < -0.3 is 14.6 Å². The fourth-order valence-corrected chi connectivity index (χ4v) is 10.2. The van der Waals surface area contributed by atoms with E-state index in [-0.39, 0.29) is 35.1 Å². The van der Waals surface area contributed by atoms with Crippen molar-refractivity contribution < 1.29 is 19.4 Å². The Hall–Kier alpha value is -0.450. The maximum absolute atomic E-state index is 13.5. The van der Waals surface area contributed by atoms with Crippen LogP contribution in [0.5, 0.6) is 0 Å². The predicted molar refractivity (Wildman–Crippen MR) is 139 cm³/mol. The molecule has 5 fully saturated rings. The van der Waals surface area contributed by atoms with E-state index in [1.807, 2.05) is 0 Å². The Balaban J connectivity index is 1.39. The van der Waals surface area contributed by atoms with Gasteiger partial charge in [0, 0.05) is 12.3 Å². The Morgan fingerprint density at radius 3 is 2.17 bits per heavy atom. The second kappa shape index (κ2) is 8.80. The summed E-state index contributed by atoms with van der Waals surface area (Å²) in [6.45, 7) is 18.5. The molecule has 5 aliphatic rings. The van der Waals surface area contributed by atoms with E-state index in [1.165, 1.54) is 25.7 Å². The van der Waals surface area contributed by atoms with Crippen LogP contribution in [0, 0.1) is 58.2 Å². The molecule has 0 amide bonds. The molecule has 200 valence electrons. The molecule has 4 nitrogen and oxygen atoms in total. The summed E-state index contributed by atoms with van der Waals surface area (Å²) in [6, 6.07) is 0. The number of aliphatic hydroxyl groups excluding tert-OH is 1. The molecule has 0 bridgehead atoms. The summed E-state index contributed by atoms with van der Waals surface area (Å²) in [5, 5.41) is 10.3. The number of hydrogen-bond acceptors (Lipinski definition) is 4. The van der Waals surface area contributed by atoms with Gasteiger partial charge in [0.1, 0.15) is 5.78 Å². The molecule has 0 unspecified atom stereocenters. The third-order valence-corrected chi connectivity index (χ3v) is 12.4. The summed E-state index contributed by atoms with van der Waals surface area (Å²) in [6.07, 6.45) is 8.36. The Bertz CT molecular complexity index is 821. The third kappa shape index (κ3) is 4.07. The molecule has 35 heavy (non-hydrogen) atoms. The number of ketones is 1. The van der Waals surface area contributed by atoms with Gasteiger partial charge in [0.05, 0.1) is 18.3 Å². The Morgan fingerprint density at radius 1 is 0.857 bits per heavy atom. The summed E-state index contributed by atoms with van der Waals surface area (Å²) in [5.41, 5.74) is 0.369. The highest BCUT2D eigenvalue weighted by atomic mass is 16.8. The molecule has 4 heteroatoms. The monoisotopic (exact) mass is 488 g/mol. The lowest BCUT2D eigenvalue weighted by Gasteiger charge is -2.60. The normalized spacial score (nSPS) is 51.0. The summed E-state index contributed by atoms with van der Waals surface area (Å²) in [5.74, 6) is 3.90. The second-order valence-electron chi connectivity index (χ2n) is 14.8. The SMILES string of the molecule is CC(C)[C@@H](C)[C@H]1OC(C)(C)O[C@@H]1[C@@H](C)[C@H]1CC[C@H]2[C@@H]3CC(=O)[C@H]4C[C@@H](O)CC[C@]4(C)[C@H]3CC[C@]12C. The molecule has 1 aliphatic heterocycles. The van der Waals surface area contributed by atoms with E-state index < -0.39 is 5.79 Å². The van der Waals surface area contributed by atoms with Crippen LogP contribution in [0.3, 0.4) is 0 Å². The van der Waals surface area contributed by atoms with Crippen molar-refractivity contribution in [3.8, 4) is 0 Å². The molecule has 4 aliphatic carbocycles. The van der Waals surface area contributed by atoms with Crippen molar-refractivity contribution in [3.05, 3.63) is 0 Å². The van der Waals surface area contributed by atoms with Crippen molar-refractivity contribution in [2.45, 2.75) is 131 Å². The van der Waals surface area contributed by atoms with E-state index in [2.05, 4.69) is 55.4 Å². The van der Waals surface area contributed by atoms with Gasteiger partial charge in [0.25, 0.3) is 0 Å². The number of rotatable bonds is 4. The molecule has 1 heterocycles. The van der Waals surface area contributed by atoms with Crippen LogP contribution >= 0.6 is 0 Å². The van der Waals surface area contributed by atoms with Crippen molar-refractivity contribution >= 4 is 5.78 Å². The molecule has 0 aromatic rings. The minimum Gasteiger partial charge on any atom is -0.393 e. The lowest BCUT2D eigenvalue weighted by Crippen LogP contribution is -2.57. The molecule has 12 atom stereocenters. The highest BCUT2D eigenvalue weighted by Gasteiger charge is 2.63. The quantitative estimate of drug-likeness (QED) is 0.482. The molecule has 0 spiro atoms. The van der Waals surface area contributed by atoms with E-state index in [4.69, 9.17) is 9.47 Å². The fraction of sp³-hybridized carbons (Fsp3) is 0.968. The first-order chi connectivity index (χ1) is 16.3. The largest absolute Gasteiger partial charge is 0.393 e. The average molecular weight is 489 g/mol. The first-order valence-electron chi connectivity index (χ1n) is 14.8. The maximum atomic E-state index is 13.5. The molecule has 4 saturated carbocycles. The van der Waals surface area contributed by atoms with Crippen LogP contribution in [0.1, 0.15) is 107 Å². The first kappa shape index (κ1) is 26.2. The van der Waals surface area contributed by atoms with Gasteiger partial charge in [0.2, 0.25) is 0 Å². The van der Waals surface area contributed by atoms with Gasteiger partial charge in [-0.1, -0.05) is 41.5 Å². The standard InChI is InChI=1S/C31H52O4/c1-17(2)18(3)27-28(35-29(5,6)34-27)19(4)22-9-10-23-21-16-26(33)25-15-20(32)11-13-31(25,8)24(21)12-14-30(22,23)7/h17-25,27-28,32H,9-16H2,1-8H3/t18-,19+,20+,21+,22-,23+,24+,25-,27-,28-,30-,31-/m1/s1. The zero-order valence-electron chi connectivity index (χ0n) is 23.7. The summed E-state index contributed by atoms with van der Waals surface area (Å²) < 4.78 is 13.2. The van der Waals surface area contributed by atoms with Crippen LogP contribution in [0.4, 0.5) is 0 Å². The third-order valence-electron chi connectivity index (χ3n) is 12.4. The van der Waals surface area contributed by atoms with Crippen molar-refractivity contribution in [2.24, 2.45) is 58.2 Å². The highest BCUT2D eigenvalue weighted by Crippen LogP contribution is 2.68. The van der Waals surface area contributed by atoms with Gasteiger partial charge in [-0.2, -0.15) is 0 Å². The predicted octanol–water partition coefficient (Wildman–Crippen LogP) is 6.63. The lowest BCUT2D eigenvalue weighted by molar-refractivity contribution is -0.165. The van der Waals surface area contributed by atoms with Crippen LogP contribution in [0.25, 0.3) is 0 Å². The van der Waals surface area contributed by atoms with E-state index in [0.717, 1.165) is 19.3 Å². The highest BCUT2D eigenvalue weighted by molar-refractivity contribution is 5.83. The van der Waals surface area contributed by atoms with Crippen LogP contribution in [-0.2, 0) is 14.3 Å². The summed E-state index contributed by atoms with van der Waals surface area (Å²) >= 11 is 0. The Morgan fingerprint density at radius 2 is 1.49 bits per heavy atom. The van der Waals surface area contributed by atoms with Gasteiger partial charge in [-0.15, -0.1) is 0 Å². The van der Waals surface area contributed by atoms with Crippen LogP contribution in [-0.4, -0.2) is 35.0 Å². The molecular weight excluding hydrogens is 436 g/mol. The molecule has 0 aromatic heterocycles. The molecule has 1 saturated heterocycles. The number of ether oxygens (including phenoxy) is 2. The van der Waals surface area contributed by atoms with Crippen LogP contribution in [0.2, 0.25) is 0 Å². The van der Waals surface area contributed by atoms with Crippen LogP contribution in [0.15, 0.2) is 0 Å². The van der Waals surface area contributed by atoms with E-state index >= 15 is 0 Å². The second-order valence-corrected chi connectivity index (χ2v) is 14.8. The maximum Gasteiger partial charge on any atom is 0.163 e. The molecule has 0 radical (unpaired) electrons. The minimum atomic E-state index is -0.520. The number of Topliss-reactive ketones (excluding diaryl/α,β-unsaturated/α-hetero) is 1. The van der Waals surface area contributed by atoms with Crippen molar-refractivity contribution in [2.75, 3.05) is 0 Å². The van der Waals surface area contributed by atoms with E-state index in [1.54, 1.807) is 0 Å². The lowest BCUT2D eigenvalue weighted by atomic mass is 9.44. The zero-order valence-corrected chi connectivity index (χ0v) is 23.7. The summed E-state index contributed by atoms with van der Waals surface area (Å²) in [7, 11) is 0. The number of fused-ring (bicyclic) bond motifs is 5. The topological polar surface area (TPSA) is 55.8 Å². The first-order valence-corrected chi connectivity index (χ1v) is 14.8. The van der Waals surface area contributed by atoms with Crippen molar-refractivity contribution in [1.29, 1.82) is 0 Å². The zero-order chi connectivity index (χ0) is 25.5. The van der Waals surface area contributed by atoms with Gasteiger partial charge in [-0.05, 0) is 111 Å². The number of hydrogen-bond donors (Lipinski definition) is 1. The Labute approximate surface area is 214 Å². The van der Waals surface area contributed by atoms with Crippen LogP contribution < -0.4 is 0 Å². The van der Waals surface area contributed by atoms with Gasteiger partial charge >= 0.3 is 0 Å². The molecular formula is C31H52O4. The van der Waals surface area contributed by atoms with Crippen molar-refractivity contribution in [1.82, 2.24) is 0 Å². The van der Waals surface area contributed by atoms with E-state index in [9.17, 15) is 9.90 Å². The number of carbonyl (C=O) groups excluding carboxylic acids is 1. The summed E-state index contributed by atoms with van der Waals surface area (Å²) in [4.78, 5) is 13.5. The fourth-order valence-electron chi connectivity index (χ4n) is 10.2. The molecule has 0 aromatic carbocycles. The van der Waals surface area contributed by atoms with Gasteiger partial charge in [-0.25, -0.2) is 0 Å². The van der Waals surface area contributed by atoms with Gasteiger partial charge in [0.15, 0.2) is 5.79 Å². The van der Waals surface area contributed by atoms with Gasteiger partial charge in [-0.3, -0.25) is 4.79 Å². The molecule has 1 N–H and O–H groups in total. The number of carbonyl (C=O) groups is 1.